The summed E-state index contributed by atoms with van der Waals surface area (Å²) in [5.74, 6) is 1.20. The first kappa shape index (κ1) is 27.0. The van der Waals surface area contributed by atoms with E-state index >= 15 is 0 Å². The molecule has 2 aliphatic rings. The number of aliphatic hydroxyl groups is 2. The molecular weight excluding hydrogens is 520 g/mol. The van der Waals surface area contributed by atoms with Crippen LogP contribution in [0.15, 0.2) is 47.8 Å². The van der Waals surface area contributed by atoms with Gasteiger partial charge in [0.2, 0.25) is 5.95 Å². The summed E-state index contributed by atoms with van der Waals surface area (Å²) in [6.45, 7) is 10.1. The highest BCUT2D eigenvalue weighted by molar-refractivity contribution is 7.17. The van der Waals surface area contributed by atoms with Gasteiger partial charge >= 0.3 is 0 Å². The number of aliphatic hydroxyl groups excluding tert-OH is 1. The van der Waals surface area contributed by atoms with Gasteiger partial charge in [-0.1, -0.05) is 12.1 Å². The van der Waals surface area contributed by atoms with Crippen molar-refractivity contribution in [2.75, 3.05) is 41.7 Å². The van der Waals surface area contributed by atoms with Crippen LogP contribution in [0.25, 0.3) is 10.2 Å². The van der Waals surface area contributed by atoms with Crippen molar-refractivity contribution in [2.24, 2.45) is 0 Å². The van der Waals surface area contributed by atoms with E-state index in [1.54, 1.807) is 25.2 Å². The Morgan fingerprint density at radius 2 is 1.77 bits per heavy atom. The predicted octanol–water partition coefficient (Wildman–Crippen LogP) is 5.88. The highest BCUT2D eigenvalue weighted by atomic mass is 32.1. The number of piperidine rings is 1. The van der Waals surface area contributed by atoms with Gasteiger partial charge in [-0.25, -0.2) is 4.98 Å². The first-order valence-corrected chi connectivity index (χ1v) is 15.0. The molecule has 0 unspecified atom stereocenters. The van der Waals surface area contributed by atoms with Gasteiger partial charge in [-0.3, -0.25) is 0 Å². The number of nitrogens with zero attached hydrogens (tertiary/aromatic N) is 4. The van der Waals surface area contributed by atoms with Crippen molar-refractivity contribution in [1.82, 2.24) is 14.9 Å². The third-order valence-electron chi connectivity index (χ3n) is 8.17. The van der Waals surface area contributed by atoms with Gasteiger partial charge in [-0.15, -0.1) is 11.3 Å². The summed E-state index contributed by atoms with van der Waals surface area (Å²) in [5, 5.41) is 30.6. The second-order valence-electron chi connectivity index (χ2n) is 11.5. The Balaban J connectivity index is 1.24. The molecule has 6 rings (SSSR count). The molecule has 4 heterocycles. The van der Waals surface area contributed by atoms with Gasteiger partial charge in [-0.2, -0.15) is 4.98 Å². The number of nitrogens with one attached hydrogen (secondary N) is 2. The van der Waals surface area contributed by atoms with Crippen LogP contribution in [0.3, 0.4) is 0 Å². The Morgan fingerprint density at radius 3 is 2.48 bits per heavy atom. The summed E-state index contributed by atoms with van der Waals surface area (Å²) >= 11 is 1.59. The minimum atomic E-state index is -0.940. The molecule has 0 radical (unpaired) electrons. The lowest BCUT2D eigenvalue weighted by atomic mass is 9.98. The van der Waals surface area contributed by atoms with E-state index in [4.69, 9.17) is 9.97 Å². The molecule has 40 heavy (non-hydrogen) atoms. The Labute approximate surface area is 239 Å². The summed E-state index contributed by atoms with van der Waals surface area (Å²) in [4.78, 5) is 15.6. The largest absolute Gasteiger partial charge is 0.392 e. The number of fused-ring (bicyclic) bond motifs is 1. The van der Waals surface area contributed by atoms with Crippen molar-refractivity contribution in [3.05, 3.63) is 64.5 Å². The number of hydrogen-bond acceptors (Lipinski definition) is 9. The zero-order valence-electron chi connectivity index (χ0n) is 23.4. The first-order chi connectivity index (χ1) is 19.3. The molecule has 0 aliphatic carbocycles. The Morgan fingerprint density at radius 1 is 1.00 bits per heavy atom. The summed E-state index contributed by atoms with van der Waals surface area (Å²) in [5.41, 5.74) is 4.69. The lowest BCUT2D eigenvalue weighted by molar-refractivity contribution is 0.0786. The minimum Gasteiger partial charge on any atom is -0.392 e. The molecule has 2 fully saturated rings. The Bertz CT molecular complexity index is 1500. The number of benzene rings is 2. The number of thiophene rings is 1. The molecule has 2 aliphatic heterocycles. The number of aromatic nitrogens is 2. The monoisotopic (exact) mass is 558 g/mol. The Hall–Kier alpha value is -3.24. The number of hydrogen-bond donors (Lipinski definition) is 4. The average molecular weight is 559 g/mol. The molecule has 0 bridgehead atoms. The van der Waals surface area contributed by atoms with Gasteiger partial charge in [-0.05, 0) is 100.0 Å². The maximum absolute atomic E-state index is 10.5. The van der Waals surface area contributed by atoms with Gasteiger partial charge in [0.05, 0.1) is 17.6 Å². The number of anilines is 5. The van der Waals surface area contributed by atoms with Crippen molar-refractivity contribution in [2.45, 2.75) is 58.3 Å². The van der Waals surface area contributed by atoms with Gasteiger partial charge in [0.15, 0.2) is 0 Å². The molecule has 0 atom stereocenters. The van der Waals surface area contributed by atoms with Crippen molar-refractivity contribution in [3.63, 3.8) is 0 Å². The van der Waals surface area contributed by atoms with Crippen molar-refractivity contribution < 1.29 is 10.2 Å². The standard InChI is InChI=1S/C31H38N6O2S/c1-20-19-40-29-27(20)28(32-23-7-4-6-22(17-23)31(2,3)39)34-30(35-29)33-24-8-9-26(21(16-24)18-38)37-14-10-25(11-15-37)36-12-5-13-36/h4,6-9,16-17,19,25,38-39H,5,10-15,18H2,1-3H3,(H2,32,33,34,35). The average Bonchev–Trinajstić information content (AvgIpc) is 3.28. The third-order valence-corrected chi connectivity index (χ3v) is 9.16. The third kappa shape index (κ3) is 5.51. The molecule has 2 aromatic heterocycles. The van der Waals surface area contributed by atoms with Gasteiger partial charge < -0.3 is 30.6 Å². The van der Waals surface area contributed by atoms with E-state index < -0.39 is 5.60 Å². The fourth-order valence-electron chi connectivity index (χ4n) is 5.75. The molecular formula is C31H38N6O2S. The van der Waals surface area contributed by atoms with Crippen LogP contribution in [-0.2, 0) is 12.2 Å². The van der Waals surface area contributed by atoms with E-state index in [1.807, 2.05) is 36.4 Å². The first-order valence-electron chi connectivity index (χ1n) is 14.1. The molecule has 4 aromatic rings. The highest BCUT2D eigenvalue weighted by Crippen LogP contribution is 2.35. The molecule has 0 saturated carbocycles. The second kappa shape index (κ2) is 11.0. The molecule has 2 saturated heterocycles. The van der Waals surface area contributed by atoms with Gasteiger partial charge in [0, 0.05) is 41.8 Å². The van der Waals surface area contributed by atoms with Gasteiger partial charge in [0.1, 0.15) is 10.6 Å². The maximum Gasteiger partial charge on any atom is 0.230 e. The SMILES string of the molecule is Cc1csc2nc(Nc3ccc(N4CCC(N5CCC5)CC4)c(CO)c3)nc(Nc3cccc(C(C)(C)O)c3)c12. The predicted molar refractivity (Wildman–Crippen MR) is 164 cm³/mol. The fourth-order valence-corrected chi connectivity index (χ4v) is 6.67. The maximum atomic E-state index is 10.5. The Kier molecular flexibility index (Phi) is 7.39. The smallest absolute Gasteiger partial charge is 0.230 e. The van der Waals surface area contributed by atoms with E-state index in [0.29, 0.717) is 17.8 Å². The quantitative estimate of drug-likeness (QED) is 0.213. The van der Waals surface area contributed by atoms with Gasteiger partial charge in [0.25, 0.3) is 0 Å². The lowest BCUT2D eigenvalue weighted by Gasteiger charge is -2.43. The summed E-state index contributed by atoms with van der Waals surface area (Å²) < 4.78 is 0. The van der Waals surface area contributed by atoms with E-state index in [2.05, 4.69) is 38.8 Å². The van der Waals surface area contributed by atoms with E-state index in [0.717, 1.165) is 57.1 Å². The number of aryl methyl sites for hydroxylation is 1. The van der Waals surface area contributed by atoms with E-state index in [9.17, 15) is 10.2 Å². The molecule has 9 heteroatoms. The van der Waals surface area contributed by atoms with Crippen molar-refractivity contribution >= 4 is 50.4 Å². The fraction of sp³-hybridized carbons (Fsp3) is 0.419. The second-order valence-corrected chi connectivity index (χ2v) is 12.4. The molecule has 0 spiro atoms. The molecule has 8 nitrogen and oxygen atoms in total. The van der Waals surface area contributed by atoms with Crippen LogP contribution in [0.4, 0.5) is 28.8 Å². The highest BCUT2D eigenvalue weighted by Gasteiger charge is 2.28. The van der Waals surface area contributed by atoms with Crippen LogP contribution in [0.5, 0.6) is 0 Å². The zero-order valence-corrected chi connectivity index (χ0v) is 24.3. The van der Waals surface area contributed by atoms with Crippen molar-refractivity contribution in [3.8, 4) is 0 Å². The van der Waals surface area contributed by atoms with Crippen LogP contribution in [0, 0.1) is 6.92 Å². The summed E-state index contributed by atoms with van der Waals surface area (Å²) in [6.07, 6.45) is 3.68. The number of rotatable bonds is 8. The van der Waals surface area contributed by atoms with Crippen LogP contribution in [0.2, 0.25) is 0 Å². The summed E-state index contributed by atoms with van der Waals surface area (Å²) in [6, 6.07) is 14.6. The topological polar surface area (TPSA) is 96.8 Å². The number of likely N-dealkylation sites (tertiary alicyclic amines) is 1. The van der Waals surface area contributed by atoms with Crippen LogP contribution in [0.1, 0.15) is 49.8 Å². The zero-order chi connectivity index (χ0) is 27.9. The van der Waals surface area contributed by atoms with Crippen LogP contribution >= 0.6 is 11.3 Å². The van der Waals surface area contributed by atoms with E-state index in [-0.39, 0.29) is 6.61 Å². The normalized spacial score (nSPS) is 16.8. The van der Waals surface area contributed by atoms with E-state index in [1.165, 1.54) is 32.4 Å². The lowest BCUT2D eigenvalue weighted by Crippen LogP contribution is -2.50. The molecule has 2 aromatic carbocycles. The van der Waals surface area contributed by atoms with Crippen LogP contribution in [-0.4, -0.2) is 57.3 Å². The molecule has 210 valence electrons. The molecule has 4 N–H and O–H groups in total. The molecule has 0 amide bonds. The summed E-state index contributed by atoms with van der Waals surface area (Å²) in [7, 11) is 0. The minimum absolute atomic E-state index is 0.0225. The van der Waals surface area contributed by atoms with Crippen molar-refractivity contribution in [1.29, 1.82) is 0 Å². The van der Waals surface area contributed by atoms with Crippen LogP contribution < -0.4 is 15.5 Å².